The average Bonchev–Trinajstić information content (AvgIpc) is 2.30. The Bertz CT molecular complexity index is 189. The minimum Gasteiger partial charge on any atom is -0.352 e. The van der Waals surface area contributed by atoms with Crippen molar-refractivity contribution in [2.75, 3.05) is 13.6 Å². The maximum atomic E-state index is 11.2. The smallest absolute Gasteiger partial charge is 0.234 e. The van der Waals surface area contributed by atoms with Gasteiger partial charge in [-0.15, -0.1) is 0 Å². The number of nitrogens with one attached hydrogen (secondary N) is 2. The monoisotopic (exact) mass is 184 g/mol. The van der Waals surface area contributed by atoms with Crippen LogP contribution in [-0.2, 0) is 4.79 Å². The van der Waals surface area contributed by atoms with Crippen LogP contribution in [0.1, 0.15) is 33.1 Å². The first-order valence-electron chi connectivity index (χ1n) is 4.97. The summed E-state index contributed by atoms with van der Waals surface area (Å²) in [6.07, 6.45) is 3.46. The van der Waals surface area contributed by atoms with Crippen LogP contribution in [0.5, 0.6) is 0 Å². The second-order valence-corrected chi connectivity index (χ2v) is 4.70. The Balaban J connectivity index is 2.28. The molecule has 1 saturated carbocycles. The van der Waals surface area contributed by atoms with Crippen LogP contribution < -0.4 is 10.6 Å². The molecular formula is C10H20N2O. The summed E-state index contributed by atoms with van der Waals surface area (Å²) in [7, 11) is 1.79. The van der Waals surface area contributed by atoms with Gasteiger partial charge >= 0.3 is 0 Å². The quantitative estimate of drug-likeness (QED) is 0.684. The van der Waals surface area contributed by atoms with Crippen molar-refractivity contribution in [3.05, 3.63) is 0 Å². The van der Waals surface area contributed by atoms with Gasteiger partial charge in [0.25, 0.3) is 0 Å². The molecule has 13 heavy (non-hydrogen) atoms. The molecule has 0 aliphatic heterocycles. The molecule has 1 unspecified atom stereocenters. The summed E-state index contributed by atoms with van der Waals surface area (Å²) in [6, 6.07) is 0.399. The van der Waals surface area contributed by atoms with Gasteiger partial charge < -0.3 is 10.6 Å². The highest BCUT2D eigenvalue weighted by atomic mass is 16.1. The van der Waals surface area contributed by atoms with E-state index in [1.54, 1.807) is 7.05 Å². The van der Waals surface area contributed by atoms with Crippen LogP contribution in [0.2, 0.25) is 0 Å². The second-order valence-electron chi connectivity index (χ2n) is 4.70. The molecule has 0 aromatic heterocycles. The largest absolute Gasteiger partial charge is 0.352 e. The van der Waals surface area contributed by atoms with Gasteiger partial charge in [0.1, 0.15) is 0 Å². The number of rotatable bonds is 3. The Kier molecular flexibility index (Phi) is 3.31. The van der Waals surface area contributed by atoms with Crippen molar-refractivity contribution < 1.29 is 4.79 Å². The minimum atomic E-state index is 0.116. The summed E-state index contributed by atoms with van der Waals surface area (Å²) in [5.74, 6) is 0.116. The Hall–Kier alpha value is -0.570. The lowest BCUT2D eigenvalue weighted by atomic mass is 9.92. The molecule has 1 amide bonds. The van der Waals surface area contributed by atoms with E-state index in [1.807, 2.05) is 0 Å². The topological polar surface area (TPSA) is 41.1 Å². The third-order valence-electron chi connectivity index (χ3n) is 2.67. The molecule has 1 aliphatic carbocycles. The van der Waals surface area contributed by atoms with Gasteiger partial charge in [0.15, 0.2) is 0 Å². The van der Waals surface area contributed by atoms with E-state index in [9.17, 15) is 4.79 Å². The van der Waals surface area contributed by atoms with Crippen LogP contribution in [0, 0.1) is 5.41 Å². The molecule has 1 fully saturated rings. The molecule has 0 heterocycles. The summed E-state index contributed by atoms with van der Waals surface area (Å²) < 4.78 is 0. The normalized spacial score (nSPS) is 25.9. The predicted octanol–water partition coefficient (Wildman–Crippen LogP) is 0.901. The zero-order chi connectivity index (χ0) is 9.90. The fraction of sp³-hybridized carbons (Fsp3) is 0.900. The van der Waals surface area contributed by atoms with Crippen molar-refractivity contribution in [2.45, 2.75) is 39.2 Å². The molecule has 0 aromatic carbocycles. The molecule has 0 spiro atoms. The molecule has 1 aliphatic rings. The molecule has 0 radical (unpaired) electrons. The third kappa shape index (κ3) is 3.35. The standard InChI is InChI=1S/C10H20N2O/c1-10(2)5-4-8(6-10)12-9(13)7-11-3/h8,11H,4-7H2,1-3H3,(H,12,13). The summed E-state index contributed by atoms with van der Waals surface area (Å²) >= 11 is 0. The van der Waals surface area contributed by atoms with Gasteiger partial charge in [-0.1, -0.05) is 13.8 Å². The molecule has 3 heteroatoms. The molecule has 2 N–H and O–H groups in total. The van der Waals surface area contributed by atoms with Gasteiger partial charge in [-0.05, 0) is 31.7 Å². The van der Waals surface area contributed by atoms with E-state index >= 15 is 0 Å². The lowest BCUT2D eigenvalue weighted by Gasteiger charge is -2.17. The number of carbonyl (C=O) groups is 1. The van der Waals surface area contributed by atoms with Gasteiger partial charge in [-0.2, -0.15) is 0 Å². The Labute approximate surface area is 80.3 Å². The number of hydrogen-bond acceptors (Lipinski definition) is 2. The molecule has 0 saturated heterocycles. The highest BCUT2D eigenvalue weighted by Crippen LogP contribution is 2.36. The average molecular weight is 184 g/mol. The van der Waals surface area contributed by atoms with Gasteiger partial charge in [0.05, 0.1) is 6.54 Å². The molecule has 3 nitrogen and oxygen atoms in total. The maximum absolute atomic E-state index is 11.2. The van der Waals surface area contributed by atoms with Crippen LogP contribution in [0.4, 0.5) is 0 Å². The number of hydrogen-bond donors (Lipinski definition) is 2. The Morgan fingerprint density at radius 2 is 2.23 bits per heavy atom. The van der Waals surface area contributed by atoms with Crippen molar-refractivity contribution in [1.82, 2.24) is 10.6 Å². The molecule has 0 aromatic rings. The van der Waals surface area contributed by atoms with E-state index in [-0.39, 0.29) is 5.91 Å². The van der Waals surface area contributed by atoms with Gasteiger partial charge in [-0.25, -0.2) is 0 Å². The third-order valence-corrected chi connectivity index (χ3v) is 2.67. The molecule has 76 valence electrons. The lowest BCUT2D eigenvalue weighted by Crippen LogP contribution is -2.38. The minimum absolute atomic E-state index is 0.116. The van der Waals surface area contributed by atoms with E-state index < -0.39 is 0 Å². The van der Waals surface area contributed by atoms with Crippen LogP contribution in [0.25, 0.3) is 0 Å². The predicted molar refractivity (Wildman–Crippen MR) is 53.5 cm³/mol. The van der Waals surface area contributed by atoms with Crippen LogP contribution in [0.3, 0.4) is 0 Å². The van der Waals surface area contributed by atoms with Crippen molar-refractivity contribution >= 4 is 5.91 Å². The van der Waals surface area contributed by atoms with Crippen molar-refractivity contribution in [3.63, 3.8) is 0 Å². The summed E-state index contributed by atoms with van der Waals surface area (Å²) in [5, 5.41) is 5.88. The summed E-state index contributed by atoms with van der Waals surface area (Å²) in [5.41, 5.74) is 0.414. The summed E-state index contributed by atoms with van der Waals surface area (Å²) in [6.45, 7) is 4.95. The zero-order valence-electron chi connectivity index (χ0n) is 8.81. The van der Waals surface area contributed by atoms with Crippen molar-refractivity contribution in [3.8, 4) is 0 Å². The molecule has 0 bridgehead atoms. The first-order valence-corrected chi connectivity index (χ1v) is 4.97. The SMILES string of the molecule is CNCC(=O)NC1CCC(C)(C)C1. The number of likely N-dealkylation sites (N-methyl/N-ethyl adjacent to an activating group) is 1. The summed E-state index contributed by atoms with van der Waals surface area (Å²) in [4.78, 5) is 11.2. The van der Waals surface area contributed by atoms with E-state index in [0.717, 1.165) is 12.8 Å². The Morgan fingerprint density at radius 1 is 1.54 bits per heavy atom. The zero-order valence-corrected chi connectivity index (χ0v) is 8.81. The van der Waals surface area contributed by atoms with Crippen LogP contribution in [0.15, 0.2) is 0 Å². The maximum Gasteiger partial charge on any atom is 0.234 e. The lowest BCUT2D eigenvalue weighted by molar-refractivity contribution is -0.120. The van der Waals surface area contributed by atoms with E-state index in [0.29, 0.717) is 18.0 Å². The highest BCUT2D eigenvalue weighted by Gasteiger charge is 2.31. The molecular weight excluding hydrogens is 164 g/mol. The van der Waals surface area contributed by atoms with Gasteiger partial charge in [-0.3, -0.25) is 4.79 Å². The van der Waals surface area contributed by atoms with E-state index in [4.69, 9.17) is 0 Å². The van der Waals surface area contributed by atoms with Crippen molar-refractivity contribution in [2.24, 2.45) is 5.41 Å². The van der Waals surface area contributed by atoms with E-state index in [2.05, 4.69) is 24.5 Å². The van der Waals surface area contributed by atoms with Crippen LogP contribution >= 0.6 is 0 Å². The highest BCUT2D eigenvalue weighted by molar-refractivity contribution is 5.78. The van der Waals surface area contributed by atoms with Crippen molar-refractivity contribution in [1.29, 1.82) is 0 Å². The molecule has 1 atom stereocenters. The Morgan fingerprint density at radius 3 is 2.69 bits per heavy atom. The van der Waals surface area contributed by atoms with Gasteiger partial charge in [0.2, 0.25) is 5.91 Å². The fourth-order valence-corrected chi connectivity index (χ4v) is 2.00. The molecule has 1 rings (SSSR count). The van der Waals surface area contributed by atoms with Gasteiger partial charge in [0, 0.05) is 6.04 Å². The first kappa shape index (κ1) is 10.5. The first-order chi connectivity index (χ1) is 6.03. The fourth-order valence-electron chi connectivity index (χ4n) is 2.00. The van der Waals surface area contributed by atoms with Crippen LogP contribution in [-0.4, -0.2) is 25.5 Å². The number of amides is 1. The number of carbonyl (C=O) groups excluding carboxylic acids is 1. The van der Waals surface area contributed by atoms with E-state index in [1.165, 1.54) is 6.42 Å². The second kappa shape index (κ2) is 4.09.